The smallest absolute Gasteiger partial charge is 0.214 e. The number of aliphatic hydroxyl groups is 1. The molecule has 6 heteroatoms. The predicted molar refractivity (Wildman–Crippen MR) is 88.9 cm³/mol. The van der Waals surface area contributed by atoms with Crippen molar-refractivity contribution in [2.24, 2.45) is 11.8 Å². The van der Waals surface area contributed by atoms with Crippen molar-refractivity contribution in [3.8, 4) is 0 Å². The topological polar surface area (TPSA) is 57.6 Å². The number of piperidine rings is 1. The van der Waals surface area contributed by atoms with Crippen molar-refractivity contribution in [2.75, 3.05) is 18.8 Å². The van der Waals surface area contributed by atoms with E-state index in [0.29, 0.717) is 31.5 Å². The first-order chi connectivity index (χ1) is 10.8. The minimum atomic E-state index is -3.21. The van der Waals surface area contributed by atoms with Gasteiger partial charge >= 0.3 is 0 Å². The molecule has 1 aromatic carbocycles. The van der Waals surface area contributed by atoms with E-state index >= 15 is 0 Å². The Bertz CT molecular complexity index is 595. The second-order valence-electron chi connectivity index (χ2n) is 6.52. The fourth-order valence-electron chi connectivity index (χ4n) is 2.98. The first kappa shape index (κ1) is 18.4. The van der Waals surface area contributed by atoms with Gasteiger partial charge < -0.3 is 5.11 Å². The van der Waals surface area contributed by atoms with Crippen LogP contribution in [0.4, 0.5) is 4.39 Å². The Hall–Kier alpha value is -0.980. The van der Waals surface area contributed by atoms with Gasteiger partial charge in [-0.2, -0.15) is 0 Å². The number of benzene rings is 1. The van der Waals surface area contributed by atoms with E-state index in [4.69, 9.17) is 0 Å². The average molecular weight is 343 g/mol. The lowest BCUT2D eigenvalue weighted by Gasteiger charge is -2.34. The summed E-state index contributed by atoms with van der Waals surface area (Å²) in [5, 5.41) is 10.4. The molecule has 23 heavy (non-hydrogen) atoms. The van der Waals surface area contributed by atoms with Crippen LogP contribution in [0.1, 0.15) is 44.8 Å². The number of hydrogen-bond donors (Lipinski definition) is 1. The second kappa shape index (κ2) is 7.73. The number of aliphatic hydroxyl groups excluding tert-OH is 1. The fraction of sp³-hybridized carbons (Fsp3) is 0.647. The van der Waals surface area contributed by atoms with E-state index in [-0.39, 0.29) is 23.4 Å². The molecule has 0 radical (unpaired) electrons. The molecular formula is C17H26FNO3S. The summed E-state index contributed by atoms with van der Waals surface area (Å²) < 4.78 is 39.2. The number of rotatable bonds is 6. The van der Waals surface area contributed by atoms with Crippen LogP contribution < -0.4 is 0 Å². The van der Waals surface area contributed by atoms with Gasteiger partial charge in [0, 0.05) is 13.1 Å². The molecule has 1 heterocycles. The quantitative estimate of drug-likeness (QED) is 0.864. The van der Waals surface area contributed by atoms with Gasteiger partial charge in [-0.05, 0) is 42.4 Å². The summed E-state index contributed by atoms with van der Waals surface area (Å²) in [7, 11) is -3.21. The third kappa shape index (κ3) is 4.75. The van der Waals surface area contributed by atoms with Gasteiger partial charge in [0.2, 0.25) is 10.0 Å². The minimum Gasteiger partial charge on any atom is -0.388 e. The van der Waals surface area contributed by atoms with E-state index in [2.05, 4.69) is 0 Å². The zero-order valence-corrected chi connectivity index (χ0v) is 14.6. The van der Waals surface area contributed by atoms with Crippen LogP contribution in [0.15, 0.2) is 24.3 Å². The molecule has 0 aliphatic carbocycles. The number of hydrogen-bond acceptors (Lipinski definition) is 3. The van der Waals surface area contributed by atoms with Crippen LogP contribution in [0.25, 0.3) is 0 Å². The summed E-state index contributed by atoms with van der Waals surface area (Å²) in [4.78, 5) is 0. The van der Waals surface area contributed by atoms with Crippen molar-refractivity contribution in [3.05, 3.63) is 35.6 Å². The summed E-state index contributed by atoms with van der Waals surface area (Å²) in [6, 6.07) is 5.85. The summed E-state index contributed by atoms with van der Waals surface area (Å²) >= 11 is 0. The Balaban J connectivity index is 1.94. The molecule has 1 aliphatic rings. The maximum absolute atomic E-state index is 13.0. The molecule has 0 saturated carbocycles. The average Bonchev–Trinajstić information content (AvgIpc) is 2.54. The maximum atomic E-state index is 13.0. The van der Waals surface area contributed by atoms with Gasteiger partial charge in [0.1, 0.15) is 5.82 Å². The first-order valence-corrected chi connectivity index (χ1v) is 9.85. The van der Waals surface area contributed by atoms with E-state index < -0.39 is 16.1 Å². The third-order valence-electron chi connectivity index (χ3n) is 4.74. The molecule has 2 unspecified atom stereocenters. The van der Waals surface area contributed by atoms with Crippen LogP contribution in [0.2, 0.25) is 0 Å². The summed E-state index contributed by atoms with van der Waals surface area (Å²) in [6.45, 7) is 4.83. The van der Waals surface area contributed by atoms with Crippen molar-refractivity contribution in [2.45, 2.75) is 39.2 Å². The Morgan fingerprint density at radius 2 is 1.83 bits per heavy atom. The van der Waals surface area contributed by atoms with Crippen LogP contribution in [0.3, 0.4) is 0 Å². The summed E-state index contributed by atoms with van der Waals surface area (Å²) in [5.74, 6) is 0.0271. The van der Waals surface area contributed by atoms with E-state index in [1.807, 2.05) is 13.8 Å². The Kier molecular flexibility index (Phi) is 6.17. The maximum Gasteiger partial charge on any atom is 0.214 e. The Morgan fingerprint density at radius 1 is 1.26 bits per heavy atom. The molecule has 1 N–H and O–H groups in total. The molecule has 130 valence electrons. The SMILES string of the molecule is CCC(C)CS(=O)(=O)N1CCC(C(O)c2ccc(F)cc2)CC1. The summed E-state index contributed by atoms with van der Waals surface area (Å²) in [6.07, 6.45) is 1.42. The van der Waals surface area contributed by atoms with Gasteiger partial charge in [-0.15, -0.1) is 0 Å². The van der Waals surface area contributed by atoms with E-state index in [1.165, 1.54) is 12.1 Å². The van der Waals surface area contributed by atoms with Gasteiger partial charge in [-0.3, -0.25) is 0 Å². The minimum absolute atomic E-state index is 0.00973. The van der Waals surface area contributed by atoms with Crippen LogP contribution in [-0.2, 0) is 10.0 Å². The highest BCUT2D eigenvalue weighted by molar-refractivity contribution is 7.89. The molecule has 1 aliphatic heterocycles. The van der Waals surface area contributed by atoms with Gasteiger partial charge in [-0.25, -0.2) is 17.1 Å². The molecular weight excluding hydrogens is 317 g/mol. The highest BCUT2D eigenvalue weighted by Crippen LogP contribution is 2.31. The molecule has 0 amide bonds. The molecule has 0 aromatic heterocycles. The van der Waals surface area contributed by atoms with E-state index in [1.54, 1.807) is 16.4 Å². The predicted octanol–water partition coefficient (Wildman–Crippen LogP) is 2.95. The van der Waals surface area contributed by atoms with Gasteiger partial charge in [0.25, 0.3) is 0 Å². The third-order valence-corrected chi connectivity index (χ3v) is 6.88. The first-order valence-electron chi connectivity index (χ1n) is 8.25. The molecule has 4 nitrogen and oxygen atoms in total. The van der Waals surface area contributed by atoms with Crippen molar-refractivity contribution in [3.63, 3.8) is 0 Å². The molecule has 2 rings (SSSR count). The number of nitrogens with zero attached hydrogens (tertiary/aromatic N) is 1. The lowest BCUT2D eigenvalue weighted by atomic mass is 9.88. The van der Waals surface area contributed by atoms with Crippen LogP contribution in [0, 0.1) is 17.7 Å². The lowest BCUT2D eigenvalue weighted by molar-refractivity contribution is 0.0759. The van der Waals surface area contributed by atoms with Crippen LogP contribution in [0.5, 0.6) is 0 Å². The summed E-state index contributed by atoms with van der Waals surface area (Å²) in [5.41, 5.74) is 0.687. The lowest BCUT2D eigenvalue weighted by Crippen LogP contribution is -2.41. The van der Waals surface area contributed by atoms with Gasteiger partial charge in [0.05, 0.1) is 11.9 Å². The van der Waals surface area contributed by atoms with Crippen LogP contribution in [-0.4, -0.2) is 36.7 Å². The molecule has 1 aromatic rings. The molecule has 0 bridgehead atoms. The zero-order valence-electron chi connectivity index (χ0n) is 13.8. The van der Waals surface area contributed by atoms with E-state index in [9.17, 15) is 17.9 Å². The molecule has 0 spiro atoms. The monoisotopic (exact) mass is 343 g/mol. The number of halogens is 1. The van der Waals surface area contributed by atoms with Gasteiger partial charge in [-0.1, -0.05) is 32.4 Å². The fourth-order valence-corrected chi connectivity index (χ4v) is 4.92. The Morgan fingerprint density at radius 3 is 2.35 bits per heavy atom. The standard InChI is InChI=1S/C17H26FNO3S/c1-3-13(2)12-23(21,22)19-10-8-15(9-11-19)17(20)14-4-6-16(18)7-5-14/h4-7,13,15,17,20H,3,8-12H2,1-2H3. The van der Waals surface area contributed by atoms with Crippen molar-refractivity contribution >= 4 is 10.0 Å². The normalized spacial score (nSPS) is 20.3. The number of sulfonamides is 1. The van der Waals surface area contributed by atoms with E-state index in [0.717, 1.165) is 6.42 Å². The van der Waals surface area contributed by atoms with Crippen LogP contribution >= 0.6 is 0 Å². The largest absolute Gasteiger partial charge is 0.388 e. The van der Waals surface area contributed by atoms with Crippen molar-refractivity contribution in [1.82, 2.24) is 4.31 Å². The highest BCUT2D eigenvalue weighted by atomic mass is 32.2. The molecule has 1 saturated heterocycles. The van der Waals surface area contributed by atoms with Crippen molar-refractivity contribution < 1.29 is 17.9 Å². The van der Waals surface area contributed by atoms with Crippen molar-refractivity contribution in [1.29, 1.82) is 0 Å². The molecule has 2 atom stereocenters. The highest BCUT2D eigenvalue weighted by Gasteiger charge is 2.32. The second-order valence-corrected chi connectivity index (χ2v) is 8.54. The molecule has 1 fully saturated rings. The van der Waals surface area contributed by atoms with Gasteiger partial charge in [0.15, 0.2) is 0 Å². The zero-order chi connectivity index (χ0) is 17.0. The Labute approximate surface area is 138 Å².